The molecular formula is C19H18N2O3S. The number of fused-ring (bicyclic) bond motifs is 1. The standard InChI is InChI=1S/C19H18N2O3S/c22-19(12-13-20-25(23,24)18-8-2-1-3-9-18)21-17-11-10-15-6-4-5-7-16(15)14-17/h1-11,14,20H,12-13H2,(H,21,22). The van der Waals surface area contributed by atoms with Gasteiger partial charge in [-0.2, -0.15) is 0 Å². The number of sulfonamides is 1. The second-order valence-corrected chi connectivity index (χ2v) is 7.34. The van der Waals surface area contributed by atoms with Gasteiger partial charge in [0.05, 0.1) is 4.90 Å². The number of carbonyl (C=O) groups is 1. The van der Waals surface area contributed by atoms with Gasteiger partial charge in [0.2, 0.25) is 15.9 Å². The molecule has 3 aromatic rings. The normalized spacial score (nSPS) is 11.4. The van der Waals surface area contributed by atoms with Gasteiger partial charge in [-0.05, 0) is 35.0 Å². The highest BCUT2D eigenvalue weighted by Gasteiger charge is 2.13. The summed E-state index contributed by atoms with van der Waals surface area (Å²) in [6.07, 6.45) is 0.0545. The van der Waals surface area contributed by atoms with Crippen molar-refractivity contribution in [3.05, 3.63) is 72.8 Å². The van der Waals surface area contributed by atoms with Gasteiger partial charge in [0, 0.05) is 18.7 Å². The van der Waals surface area contributed by atoms with Gasteiger partial charge in [0.25, 0.3) is 0 Å². The first-order valence-electron chi connectivity index (χ1n) is 7.88. The van der Waals surface area contributed by atoms with Crippen LogP contribution < -0.4 is 10.0 Å². The third-order valence-electron chi connectivity index (χ3n) is 3.73. The smallest absolute Gasteiger partial charge is 0.240 e. The summed E-state index contributed by atoms with van der Waals surface area (Å²) in [7, 11) is -3.59. The summed E-state index contributed by atoms with van der Waals surface area (Å²) in [4.78, 5) is 12.2. The van der Waals surface area contributed by atoms with Crippen LogP contribution in [0.2, 0.25) is 0 Å². The van der Waals surface area contributed by atoms with Crippen molar-refractivity contribution in [2.45, 2.75) is 11.3 Å². The van der Waals surface area contributed by atoms with Crippen molar-refractivity contribution < 1.29 is 13.2 Å². The second-order valence-electron chi connectivity index (χ2n) is 5.57. The highest BCUT2D eigenvalue weighted by Crippen LogP contribution is 2.18. The lowest BCUT2D eigenvalue weighted by atomic mass is 10.1. The third kappa shape index (κ3) is 4.43. The van der Waals surface area contributed by atoms with Crippen molar-refractivity contribution in [3.8, 4) is 0 Å². The van der Waals surface area contributed by atoms with Crippen LogP contribution in [-0.2, 0) is 14.8 Å². The molecule has 5 nitrogen and oxygen atoms in total. The Kier molecular flexibility index (Phi) is 5.11. The summed E-state index contributed by atoms with van der Waals surface area (Å²) in [6, 6.07) is 21.6. The molecule has 6 heteroatoms. The van der Waals surface area contributed by atoms with Crippen LogP contribution >= 0.6 is 0 Å². The van der Waals surface area contributed by atoms with Crippen LogP contribution in [-0.4, -0.2) is 20.9 Å². The van der Waals surface area contributed by atoms with E-state index >= 15 is 0 Å². The Bertz CT molecular complexity index is 986. The maximum absolute atomic E-state index is 12.1. The van der Waals surface area contributed by atoms with Gasteiger partial charge in [-0.15, -0.1) is 0 Å². The molecule has 3 aromatic carbocycles. The quantitative estimate of drug-likeness (QED) is 0.714. The zero-order chi connectivity index (χ0) is 17.7. The summed E-state index contributed by atoms with van der Waals surface area (Å²) in [5.74, 6) is -0.244. The highest BCUT2D eigenvalue weighted by molar-refractivity contribution is 7.89. The lowest BCUT2D eigenvalue weighted by Gasteiger charge is -2.08. The average molecular weight is 354 g/mol. The molecule has 0 aromatic heterocycles. The number of nitrogens with one attached hydrogen (secondary N) is 2. The van der Waals surface area contributed by atoms with E-state index in [1.54, 1.807) is 18.2 Å². The predicted molar refractivity (Wildman–Crippen MR) is 98.8 cm³/mol. The summed E-state index contributed by atoms with van der Waals surface area (Å²) in [6.45, 7) is 0.0383. The maximum atomic E-state index is 12.1. The predicted octanol–water partition coefficient (Wildman–Crippen LogP) is 3.15. The molecule has 0 bridgehead atoms. The number of anilines is 1. The van der Waals surface area contributed by atoms with Crippen LogP contribution in [0.3, 0.4) is 0 Å². The monoisotopic (exact) mass is 354 g/mol. The second kappa shape index (κ2) is 7.46. The van der Waals surface area contributed by atoms with E-state index in [9.17, 15) is 13.2 Å². The molecule has 0 unspecified atom stereocenters. The average Bonchev–Trinajstić information content (AvgIpc) is 2.62. The number of hydrogen-bond donors (Lipinski definition) is 2. The minimum Gasteiger partial charge on any atom is -0.326 e. The molecule has 0 atom stereocenters. The minimum absolute atomic E-state index is 0.0383. The number of rotatable bonds is 6. The minimum atomic E-state index is -3.59. The zero-order valence-electron chi connectivity index (χ0n) is 13.5. The molecular weight excluding hydrogens is 336 g/mol. The molecule has 0 heterocycles. The van der Waals surface area contributed by atoms with E-state index in [0.29, 0.717) is 5.69 Å². The van der Waals surface area contributed by atoms with Crippen molar-refractivity contribution in [2.75, 3.05) is 11.9 Å². The van der Waals surface area contributed by atoms with Gasteiger partial charge in [0.1, 0.15) is 0 Å². The first kappa shape index (κ1) is 17.1. The van der Waals surface area contributed by atoms with Gasteiger partial charge in [-0.1, -0.05) is 48.5 Å². The molecule has 0 aliphatic carbocycles. The summed E-state index contributed by atoms with van der Waals surface area (Å²) >= 11 is 0. The van der Waals surface area contributed by atoms with Crippen molar-refractivity contribution in [2.24, 2.45) is 0 Å². The summed E-state index contributed by atoms with van der Waals surface area (Å²) < 4.78 is 26.6. The Morgan fingerprint density at radius 2 is 1.52 bits per heavy atom. The van der Waals surface area contributed by atoms with Crippen molar-refractivity contribution >= 4 is 32.4 Å². The first-order chi connectivity index (χ1) is 12.0. The van der Waals surface area contributed by atoms with Crippen LogP contribution in [0.4, 0.5) is 5.69 Å². The molecule has 3 rings (SSSR count). The number of amides is 1. The SMILES string of the molecule is O=C(CCNS(=O)(=O)c1ccccc1)Nc1ccc2ccccc2c1. The zero-order valence-corrected chi connectivity index (χ0v) is 14.3. The van der Waals surface area contributed by atoms with Crippen molar-refractivity contribution in [1.29, 1.82) is 0 Å². The first-order valence-corrected chi connectivity index (χ1v) is 9.36. The van der Waals surface area contributed by atoms with Gasteiger partial charge >= 0.3 is 0 Å². The Hall–Kier alpha value is -2.70. The van der Waals surface area contributed by atoms with E-state index in [4.69, 9.17) is 0 Å². The van der Waals surface area contributed by atoms with E-state index in [0.717, 1.165) is 10.8 Å². The Morgan fingerprint density at radius 3 is 2.28 bits per heavy atom. The van der Waals surface area contributed by atoms with Crippen LogP contribution in [0.25, 0.3) is 10.8 Å². The summed E-state index contributed by atoms with van der Waals surface area (Å²) in [5.41, 5.74) is 0.689. The highest BCUT2D eigenvalue weighted by atomic mass is 32.2. The molecule has 0 fully saturated rings. The number of carbonyl (C=O) groups excluding carboxylic acids is 1. The van der Waals surface area contributed by atoms with E-state index in [1.165, 1.54) is 12.1 Å². The summed E-state index contributed by atoms with van der Waals surface area (Å²) in [5, 5.41) is 4.91. The van der Waals surface area contributed by atoms with E-state index < -0.39 is 10.0 Å². The number of hydrogen-bond acceptors (Lipinski definition) is 3. The molecule has 0 radical (unpaired) electrons. The third-order valence-corrected chi connectivity index (χ3v) is 5.21. The van der Waals surface area contributed by atoms with E-state index in [-0.39, 0.29) is 23.8 Å². The van der Waals surface area contributed by atoms with Gasteiger partial charge < -0.3 is 5.32 Å². The van der Waals surface area contributed by atoms with Gasteiger partial charge in [-0.25, -0.2) is 13.1 Å². The largest absolute Gasteiger partial charge is 0.326 e. The van der Waals surface area contributed by atoms with Crippen LogP contribution in [0.15, 0.2) is 77.7 Å². The van der Waals surface area contributed by atoms with E-state index in [2.05, 4.69) is 10.0 Å². The molecule has 0 aliphatic rings. The van der Waals surface area contributed by atoms with Gasteiger partial charge in [-0.3, -0.25) is 4.79 Å². The van der Waals surface area contributed by atoms with Crippen LogP contribution in [0.1, 0.15) is 6.42 Å². The lowest BCUT2D eigenvalue weighted by Crippen LogP contribution is -2.27. The van der Waals surface area contributed by atoms with Crippen molar-refractivity contribution in [1.82, 2.24) is 4.72 Å². The fraction of sp³-hybridized carbons (Fsp3) is 0.105. The fourth-order valence-electron chi connectivity index (χ4n) is 2.47. The van der Waals surface area contributed by atoms with E-state index in [1.807, 2.05) is 42.5 Å². The molecule has 0 spiro atoms. The Labute approximate surface area is 146 Å². The Balaban J connectivity index is 1.55. The molecule has 1 amide bonds. The van der Waals surface area contributed by atoms with Crippen LogP contribution in [0, 0.1) is 0 Å². The Morgan fingerprint density at radius 1 is 0.840 bits per heavy atom. The molecule has 2 N–H and O–H groups in total. The van der Waals surface area contributed by atoms with Crippen LogP contribution in [0.5, 0.6) is 0 Å². The van der Waals surface area contributed by atoms with Crippen molar-refractivity contribution in [3.63, 3.8) is 0 Å². The molecule has 25 heavy (non-hydrogen) atoms. The lowest BCUT2D eigenvalue weighted by molar-refractivity contribution is -0.116. The topological polar surface area (TPSA) is 75.3 Å². The molecule has 0 saturated carbocycles. The molecule has 0 saturated heterocycles. The van der Waals surface area contributed by atoms with Gasteiger partial charge in [0.15, 0.2) is 0 Å². The molecule has 0 aliphatic heterocycles. The fourth-order valence-corrected chi connectivity index (χ4v) is 3.53. The molecule has 128 valence electrons. The maximum Gasteiger partial charge on any atom is 0.240 e. The number of benzene rings is 3.